The summed E-state index contributed by atoms with van der Waals surface area (Å²) < 4.78 is 43.2. The smallest absolute Gasteiger partial charge is 0.416 e. The molecule has 2 N–H and O–H groups in total. The Morgan fingerprint density at radius 2 is 2.12 bits per heavy atom. The van der Waals surface area contributed by atoms with E-state index in [9.17, 15) is 18.0 Å². The molecule has 2 heterocycles. The average molecular weight is 350 g/mol. The Kier molecular flexibility index (Phi) is 4.22. The van der Waals surface area contributed by atoms with E-state index < -0.39 is 17.6 Å². The first kappa shape index (κ1) is 16.6. The number of nitrogens with one attached hydrogen (secondary N) is 2. The molecule has 0 saturated heterocycles. The number of nitrogens with zero attached hydrogens (tertiary/aromatic N) is 2. The van der Waals surface area contributed by atoms with Gasteiger partial charge in [0.05, 0.1) is 11.3 Å². The zero-order valence-electron chi connectivity index (χ0n) is 13.0. The maximum absolute atomic E-state index is 12.8. The van der Waals surface area contributed by atoms with Crippen molar-refractivity contribution in [1.82, 2.24) is 20.7 Å². The van der Waals surface area contributed by atoms with E-state index in [1.807, 2.05) is 0 Å². The predicted molar refractivity (Wildman–Crippen MR) is 82.4 cm³/mol. The highest BCUT2D eigenvalue weighted by molar-refractivity contribution is 5.93. The molecule has 0 saturated carbocycles. The van der Waals surface area contributed by atoms with E-state index in [0.29, 0.717) is 17.1 Å². The lowest BCUT2D eigenvalue weighted by atomic mass is 10.1. The second-order valence-electron chi connectivity index (χ2n) is 5.21. The number of rotatable bonds is 3. The number of hydrogen-bond donors (Lipinski definition) is 2. The van der Waals surface area contributed by atoms with Crippen molar-refractivity contribution in [3.05, 3.63) is 71.7 Å². The number of halogens is 3. The van der Waals surface area contributed by atoms with Gasteiger partial charge in [0.2, 0.25) is 0 Å². The van der Waals surface area contributed by atoms with Crippen molar-refractivity contribution in [3.8, 4) is 0 Å². The molecule has 1 aromatic heterocycles. The number of hydrazine groups is 1. The van der Waals surface area contributed by atoms with Crippen molar-refractivity contribution < 1.29 is 22.4 Å². The van der Waals surface area contributed by atoms with Gasteiger partial charge in [0.25, 0.3) is 5.91 Å². The Bertz CT molecular complexity index is 841. The highest BCUT2D eigenvalue weighted by atomic mass is 19.4. The highest BCUT2D eigenvalue weighted by Gasteiger charge is 2.30. The zero-order chi connectivity index (χ0) is 18.0. The Morgan fingerprint density at radius 1 is 1.32 bits per heavy atom. The summed E-state index contributed by atoms with van der Waals surface area (Å²) in [5, 5.41) is 4.10. The molecule has 0 spiro atoms. The molecule has 3 rings (SSSR count). The van der Waals surface area contributed by atoms with Gasteiger partial charge in [-0.1, -0.05) is 12.1 Å². The van der Waals surface area contributed by atoms with Crippen LogP contribution in [-0.2, 0) is 6.18 Å². The van der Waals surface area contributed by atoms with Crippen molar-refractivity contribution in [2.45, 2.75) is 6.18 Å². The van der Waals surface area contributed by atoms with Gasteiger partial charge < -0.3 is 9.73 Å². The van der Waals surface area contributed by atoms with E-state index in [2.05, 4.69) is 15.7 Å². The van der Waals surface area contributed by atoms with Crippen molar-refractivity contribution in [3.63, 3.8) is 0 Å². The minimum absolute atomic E-state index is 0.113. The molecule has 0 aliphatic carbocycles. The molecule has 25 heavy (non-hydrogen) atoms. The van der Waals surface area contributed by atoms with Gasteiger partial charge in [0.1, 0.15) is 12.1 Å². The number of alkyl halides is 3. The monoisotopic (exact) mass is 350 g/mol. The second-order valence-corrected chi connectivity index (χ2v) is 5.21. The number of amides is 1. The molecular weight excluding hydrogens is 337 g/mol. The molecular formula is C16H13F3N4O2. The third-order valence-electron chi connectivity index (χ3n) is 3.46. The molecule has 1 aliphatic heterocycles. The number of oxazole rings is 1. The van der Waals surface area contributed by atoms with Crippen LogP contribution >= 0.6 is 0 Å². The van der Waals surface area contributed by atoms with Crippen LogP contribution in [0, 0.1) is 0 Å². The summed E-state index contributed by atoms with van der Waals surface area (Å²) in [4.78, 5) is 15.7. The van der Waals surface area contributed by atoms with Crippen molar-refractivity contribution >= 4 is 11.6 Å². The van der Waals surface area contributed by atoms with E-state index >= 15 is 0 Å². The summed E-state index contributed by atoms with van der Waals surface area (Å²) in [5.41, 5.74) is 3.13. The van der Waals surface area contributed by atoms with Crippen LogP contribution in [0.3, 0.4) is 0 Å². The van der Waals surface area contributed by atoms with Gasteiger partial charge in [-0.3, -0.25) is 15.2 Å². The Balaban J connectivity index is 1.81. The van der Waals surface area contributed by atoms with Crippen LogP contribution in [0.15, 0.2) is 59.3 Å². The zero-order valence-corrected chi connectivity index (χ0v) is 13.0. The van der Waals surface area contributed by atoms with Crippen molar-refractivity contribution in [1.29, 1.82) is 0 Å². The van der Waals surface area contributed by atoms with Gasteiger partial charge in [-0.05, 0) is 29.8 Å². The first-order valence-electron chi connectivity index (χ1n) is 7.14. The number of allylic oxidation sites excluding steroid dienone is 2. The normalized spacial score (nSPS) is 14.5. The van der Waals surface area contributed by atoms with Crippen LogP contribution < -0.4 is 10.7 Å². The summed E-state index contributed by atoms with van der Waals surface area (Å²) in [6.07, 6.45) is 1.08. The topological polar surface area (TPSA) is 70.4 Å². The molecule has 0 bridgehead atoms. The number of carbonyl (C=O) groups is 1. The van der Waals surface area contributed by atoms with Gasteiger partial charge in [0, 0.05) is 7.05 Å². The molecule has 1 amide bonds. The average Bonchev–Trinajstić information content (AvgIpc) is 3.10. The maximum Gasteiger partial charge on any atom is 0.416 e. The lowest BCUT2D eigenvalue weighted by Crippen LogP contribution is -2.42. The molecule has 0 unspecified atom stereocenters. The van der Waals surface area contributed by atoms with Crippen LogP contribution in [0.2, 0.25) is 0 Å². The summed E-state index contributed by atoms with van der Waals surface area (Å²) in [5.74, 6) is -0.0618. The minimum atomic E-state index is -4.41. The summed E-state index contributed by atoms with van der Waals surface area (Å²) in [7, 11) is 1.62. The number of benzene rings is 1. The predicted octanol–water partition coefficient (Wildman–Crippen LogP) is 2.76. The lowest BCUT2D eigenvalue weighted by Gasteiger charge is -2.29. The van der Waals surface area contributed by atoms with E-state index in [4.69, 9.17) is 4.42 Å². The molecule has 1 aromatic carbocycles. The molecule has 130 valence electrons. The largest absolute Gasteiger partial charge is 0.451 e. The Morgan fingerprint density at radius 3 is 2.76 bits per heavy atom. The van der Waals surface area contributed by atoms with Gasteiger partial charge in [-0.25, -0.2) is 4.98 Å². The highest BCUT2D eigenvalue weighted by Crippen LogP contribution is 2.31. The van der Waals surface area contributed by atoms with Crippen LogP contribution in [-0.4, -0.2) is 22.9 Å². The molecule has 0 radical (unpaired) electrons. The van der Waals surface area contributed by atoms with E-state index in [0.717, 1.165) is 18.5 Å². The second kappa shape index (κ2) is 6.34. The fourth-order valence-corrected chi connectivity index (χ4v) is 2.21. The fourth-order valence-electron chi connectivity index (χ4n) is 2.21. The van der Waals surface area contributed by atoms with Crippen molar-refractivity contribution in [2.75, 3.05) is 7.05 Å². The van der Waals surface area contributed by atoms with Crippen LogP contribution in [0.4, 0.5) is 13.2 Å². The third kappa shape index (κ3) is 3.65. The molecule has 0 atom stereocenters. The van der Waals surface area contributed by atoms with Gasteiger partial charge >= 0.3 is 6.18 Å². The van der Waals surface area contributed by atoms with Crippen molar-refractivity contribution in [2.24, 2.45) is 0 Å². The molecule has 2 aromatic rings. The molecule has 9 heteroatoms. The van der Waals surface area contributed by atoms with Crippen LogP contribution in [0.5, 0.6) is 0 Å². The quantitative estimate of drug-likeness (QED) is 0.891. The van der Waals surface area contributed by atoms with E-state index in [1.165, 1.54) is 17.3 Å². The maximum atomic E-state index is 12.8. The van der Waals surface area contributed by atoms with Gasteiger partial charge in [-0.15, -0.1) is 0 Å². The summed E-state index contributed by atoms with van der Waals surface area (Å²) in [6.45, 7) is 0. The number of aromatic nitrogens is 1. The van der Waals surface area contributed by atoms with Gasteiger partial charge in [0.15, 0.2) is 12.1 Å². The standard InChI is InChI=1S/C16H13F3N4O2/c1-23-14(21-15(24)13-8-25-9-20-13)6-5-12(22-23)10-3-2-4-11(7-10)16(17,18)19/h2-9,22H,1H3,(H,21,24). The van der Waals surface area contributed by atoms with Gasteiger partial charge in [-0.2, -0.15) is 13.2 Å². The first-order valence-corrected chi connectivity index (χ1v) is 7.14. The molecule has 0 fully saturated rings. The molecule has 6 nitrogen and oxygen atoms in total. The van der Waals surface area contributed by atoms with E-state index in [-0.39, 0.29) is 5.69 Å². The number of carbonyl (C=O) groups excluding carboxylic acids is 1. The molecule has 1 aliphatic rings. The Hall–Kier alpha value is -3.23. The first-order chi connectivity index (χ1) is 11.8. The minimum Gasteiger partial charge on any atom is -0.451 e. The Labute approximate surface area is 140 Å². The fraction of sp³-hybridized carbons (Fsp3) is 0.125. The van der Waals surface area contributed by atoms with E-state index in [1.54, 1.807) is 25.3 Å². The number of hydrogen-bond acceptors (Lipinski definition) is 5. The third-order valence-corrected chi connectivity index (χ3v) is 3.46. The van der Waals surface area contributed by atoms with Crippen LogP contribution in [0.1, 0.15) is 21.6 Å². The summed E-state index contributed by atoms with van der Waals surface area (Å²) >= 11 is 0. The SMILES string of the molecule is CN1NC(c2cccc(C(F)(F)F)c2)=CC=C1NC(=O)c1cocn1. The summed E-state index contributed by atoms with van der Waals surface area (Å²) in [6, 6.07) is 4.97. The lowest BCUT2D eigenvalue weighted by molar-refractivity contribution is -0.137. The van der Waals surface area contributed by atoms with Crippen LogP contribution in [0.25, 0.3) is 5.70 Å².